The molecule has 1 aromatic rings. The molecule has 106 valence electrons. The van der Waals surface area contributed by atoms with Gasteiger partial charge in [-0.15, -0.1) is 0 Å². The van der Waals surface area contributed by atoms with Gasteiger partial charge in [0.1, 0.15) is 4.99 Å². The predicted octanol–water partition coefficient (Wildman–Crippen LogP) is 3.72. The number of hydrogen-bond donors (Lipinski definition) is 1. The van der Waals surface area contributed by atoms with E-state index in [9.17, 15) is 0 Å². The van der Waals surface area contributed by atoms with E-state index in [-0.39, 0.29) is 0 Å². The summed E-state index contributed by atoms with van der Waals surface area (Å²) in [5, 5.41) is 0. The minimum absolute atomic E-state index is 0.477. The monoisotopic (exact) mass is 278 g/mol. The quantitative estimate of drug-likeness (QED) is 0.735. The Hall–Kier alpha value is -0.930. The summed E-state index contributed by atoms with van der Waals surface area (Å²) in [4.78, 5) is 3.02. The van der Waals surface area contributed by atoms with E-state index in [1.165, 1.54) is 24.8 Å². The first-order valence-electron chi connectivity index (χ1n) is 7.21. The predicted molar refractivity (Wildman–Crippen MR) is 87.4 cm³/mol. The van der Waals surface area contributed by atoms with Gasteiger partial charge in [-0.3, -0.25) is 4.90 Å². The number of unbranched alkanes of at least 4 members (excludes halogenated alkanes) is 1. The number of nitrogens with zero attached hydrogens (tertiary/aromatic N) is 1. The molecule has 2 nitrogen and oxygen atoms in total. The van der Waals surface area contributed by atoms with Gasteiger partial charge >= 0.3 is 0 Å². The second-order valence-corrected chi connectivity index (χ2v) is 5.59. The normalized spacial score (nSPS) is 12.6. The third-order valence-corrected chi connectivity index (χ3v) is 3.85. The summed E-state index contributed by atoms with van der Waals surface area (Å²) in [6.07, 6.45) is 3.66. The highest BCUT2D eigenvalue weighted by Gasteiger charge is 2.12. The van der Waals surface area contributed by atoms with Crippen molar-refractivity contribution in [2.24, 2.45) is 5.73 Å². The molecule has 1 aromatic carbocycles. The molecular weight excluding hydrogens is 252 g/mol. The summed E-state index contributed by atoms with van der Waals surface area (Å²) in [7, 11) is 0. The molecule has 1 atom stereocenters. The molecule has 19 heavy (non-hydrogen) atoms. The van der Waals surface area contributed by atoms with E-state index in [0.717, 1.165) is 18.7 Å². The fourth-order valence-corrected chi connectivity index (χ4v) is 2.26. The van der Waals surface area contributed by atoms with Crippen LogP contribution in [0.3, 0.4) is 0 Å². The van der Waals surface area contributed by atoms with Crippen molar-refractivity contribution in [1.29, 1.82) is 0 Å². The van der Waals surface area contributed by atoms with Crippen LogP contribution in [0.25, 0.3) is 0 Å². The zero-order valence-electron chi connectivity index (χ0n) is 12.4. The zero-order valence-corrected chi connectivity index (χ0v) is 13.2. The molecule has 0 aliphatic heterocycles. The molecule has 0 heterocycles. The Balaban J connectivity index is 2.77. The molecule has 0 aliphatic rings. The molecule has 2 N–H and O–H groups in total. The van der Waals surface area contributed by atoms with Crippen LogP contribution in [0.5, 0.6) is 0 Å². The first kappa shape index (κ1) is 16.1. The SMILES string of the molecule is CCCCN(Cc1cccc(C(N)=S)c1)C(C)CC. The molecule has 0 aliphatic carbocycles. The van der Waals surface area contributed by atoms with Crippen molar-refractivity contribution in [1.82, 2.24) is 4.90 Å². The van der Waals surface area contributed by atoms with Gasteiger partial charge in [-0.2, -0.15) is 0 Å². The summed E-state index contributed by atoms with van der Waals surface area (Å²) < 4.78 is 0. The Labute approximate surface area is 123 Å². The third-order valence-electron chi connectivity index (χ3n) is 3.61. The molecule has 3 heteroatoms. The maximum Gasteiger partial charge on any atom is 0.103 e. The van der Waals surface area contributed by atoms with Crippen molar-refractivity contribution in [3.63, 3.8) is 0 Å². The Bertz CT molecular complexity index is 403. The molecule has 1 unspecified atom stereocenters. The first-order valence-corrected chi connectivity index (χ1v) is 7.62. The summed E-state index contributed by atoms with van der Waals surface area (Å²) in [6, 6.07) is 8.90. The lowest BCUT2D eigenvalue weighted by Gasteiger charge is -2.28. The number of benzene rings is 1. The van der Waals surface area contributed by atoms with Gasteiger partial charge in [-0.05, 0) is 37.9 Å². The maximum atomic E-state index is 5.70. The molecule has 0 saturated heterocycles. The van der Waals surface area contributed by atoms with Crippen LogP contribution in [0.4, 0.5) is 0 Å². The van der Waals surface area contributed by atoms with E-state index in [1.807, 2.05) is 12.1 Å². The van der Waals surface area contributed by atoms with Gasteiger partial charge in [0, 0.05) is 18.2 Å². The van der Waals surface area contributed by atoms with E-state index in [0.29, 0.717) is 11.0 Å². The molecular formula is C16H26N2S. The number of nitrogens with two attached hydrogens (primary N) is 1. The summed E-state index contributed by atoms with van der Waals surface area (Å²) >= 11 is 5.04. The summed E-state index contributed by atoms with van der Waals surface area (Å²) in [6.45, 7) is 8.92. The highest BCUT2D eigenvalue weighted by molar-refractivity contribution is 7.80. The van der Waals surface area contributed by atoms with Crippen LogP contribution < -0.4 is 5.73 Å². The van der Waals surface area contributed by atoms with Crippen molar-refractivity contribution >= 4 is 17.2 Å². The highest BCUT2D eigenvalue weighted by atomic mass is 32.1. The molecule has 0 radical (unpaired) electrons. The molecule has 0 amide bonds. The molecule has 0 bridgehead atoms. The molecule has 1 rings (SSSR count). The minimum Gasteiger partial charge on any atom is -0.389 e. The fourth-order valence-electron chi connectivity index (χ4n) is 2.13. The second-order valence-electron chi connectivity index (χ2n) is 5.15. The fraction of sp³-hybridized carbons (Fsp3) is 0.562. The van der Waals surface area contributed by atoms with Crippen LogP contribution in [-0.2, 0) is 6.54 Å². The van der Waals surface area contributed by atoms with Crippen molar-refractivity contribution in [2.75, 3.05) is 6.54 Å². The lowest BCUT2D eigenvalue weighted by Crippen LogP contribution is -2.33. The van der Waals surface area contributed by atoms with Crippen LogP contribution in [0.15, 0.2) is 24.3 Å². The Morgan fingerprint density at radius 1 is 1.37 bits per heavy atom. The van der Waals surface area contributed by atoms with Gasteiger partial charge < -0.3 is 5.73 Å². The van der Waals surface area contributed by atoms with Gasteiger partial charge in [0.2, 0.25) is 0 Å². The smallest absolute Gasteiger partial charge is 0.103 e. The van der Waals surface area contributed by atoms with E-state index in [4.69, 9.17) is 18.0 Å². The van der Waals surface area contributed by atoms with Crippen LogP contribution in [0, 0.1) is 0 Å². The molecule has 0 aromatic heterocycles. The van der Waals surface area contributed by atoms with Crippen LogP contribution >= 0.6 is 12.2 Å². The standard InChI is InChI=1S/C16H26N2S/c1-4-6-10-18(13(3)5-2)12-14-8-7-9-15(11-14)16(17)19/h7-9,11,13H,4-6,10,12H2,1-3H3,(H2,17,19). The van der Waals surface area contributed by atoms with Crippen molar-refractivity contribution in [2.45, 2.75) is 52.6 Å². The lowest BCUT2D eigenvalue weighted by molar-refractivity contribution is 0.192. The topological polar surface area (TPSA) is 29.3 Å². The number of hydrogen-bond acceptors (Lipinski definition) is 2. The van der Waals surface area contributed by atoms with E-state index in [2.05, 4.69) is 37.8 Å². The van der Waals surface area contributed by atoms with Gasteiger partial charge in [0.25, 0.3) is 0 Å². The average Bonchev–Trinajstić information content (AvgIpc) is 2.42. The van der Waals surface area contributed by atoms with Gasteiger partial charge in [-0.25, -0.2) is 0 Å². The number of thiocarbonyl (C=S) groups is 1. The van der Waals surface area contributed by atoms with Gasteiger partial charge in [0.15, 0.2) is 0 Å². The number of rotatable bonds is 8. The molecule has 0 spiro atoms. The third kappa shape index (κ3) is 5.29. The van der Waals surface area contributed by atoms with E-state index < -0.39 is 0 Å². The largest absolute Gasteiger partial charge is 0.389 e. The average molecular weight is 278 g/mol. The maximum absolute atomic E-state index is 5.70. The van der Waals surface area contributed by atoms with Crippen LogP contribution in [-0.4, -0.2) is 22.5 Å². The Morgan fingerprint density at radius 3 is 2.68 bits per heavy atom. The Morgan fingerprint density at radius 2 is 2.11 bits per heavy atom. The van der Waals surface area contributed by atoms with Crippen LogP contribution in [0.2, 0.25) is 0 Å². The lowest BCUT2D eigenvalue weighted by atomic mass is 10.1. The van der Waals surface area contributed by atoms with Gasteiger partial charge in [-0.1, -0.05) is 50.7 Å². The zero-order chi connectivity index (χ0) is 14.3. The van der Waals surface area contributed by atoms with Crippen molar-refractivity contribution in [3.05, 3.63) is 35.4 Å². The minimum atomic E-state index is 0.477. The molecule has 0 saturated carbocycles. The van der Waals surface area contributed by atoms with Crippen molar-refractivity contribution < 1.29 is 0 Å². The highest BCUT2D eigenvalue weighted by Crippen LogP contribution is 2.13. The summed E-state index contributed by atoms with van der Waals surface area (Å²) in [5.41, 5.74) is 7.96. The van der Waals surface area contributed by atoms with Gasteiger partial charge in [0.05, 0.1) is 0 Å². The molecule has 0 fully saturated rings. The van der Waals surface area contributed by atoms with E-state index >= 15 is 0 Å². The summed E-state index contributed by atoms with van der Waals surface area (Å²) in [5.74, 6) is 0. The van der Waals surface area contributed by atoms with Crippen molar-refractivity contribution in [3.8, 4) is 0 Å². The second kappa shape index (κ2) is 8.28. The first-order chi connectivity index (χ1) is 9.08. The Kier molecular flexibility index (Phi) is 7.03. The van der Waals surface area contributed by atoms with E-state index in [1.54, 1.807) is 0 Å². The van der Waals surface area contributed by atoms with Crippen LogP contribution in [0.1, 0.15) is 51.2 Å².